The zero-order chi connectivity index (χ0) is 20.6. The van der Waals surface area contributed by atoms with E-state index in [1.165, 1.54) is 5.56 Å². The third kappa shape index (κ3) is 7.62. The molecule has 2 aromatic rings. The molecule has 28 heavy (non-hydrogen) atoms. The van der Waals surface area contributed by atoms with Crippen molar-refractivity contribution in [2.45, 2.75) is 52.7 Å². The Labute approximate surface area is 167 Å². The maximum absolute atomic E-state index is 10.3. The summed E-state index contributed by atoms with van der Waals surface area (Å²) in [7, 11) is 0. The number of hydrazone groups is 1. The van der Waals surface area contributed by atoms with Crippen LogP contribution in [0.5, 0.6) is 5.88 Å². The van der Waals surface area contributed by atoms with Crippen LogP contribution in [0, 0.1) is 6.92 Å². The minimum absolute atomic E-state index is 0.139. The van der Waals surface area contributed by atoms with E-state index < -0.39 is 6.10 Å². The predicted octanol–water partition coefficient (Wildman–Crippen LogP) is 2.94. The van der Waals surface area contributed by atoms with Gasteiger partial charge in [-0.25, -0.2) is 10.4 Å². The minimum Gasteiger partial charge on any atom is -0.475 e. The van der Waals surface area contributed by atoms with E-state index in [9.17, 15) is 5.11 Å². The van der Waals surface area contributed by atoms with E-state index in [1.807, 2.05) is 39.0 Å². The molecule has 1 aromatic heterocycles. The van der Waals surface area contributed by atoms with Crippen LogP contribution in [0.25, 0.3) is 0 Å². The van der Waals surface area contributed by atoms with Crippen molar-refractivity contribution in [2.75, 3.05) is 18.6 Å². The molecule has 152 valence electrons. The Kier molecular flexibility index (Phi) is 7.90. The highest BCUT2D eigenvalue weighted by atomic mass is 16.5. The van der Waals surface area contributed by atoms with Gasteiger partial charge in [-0.05, 0) is 46.6 Å². The Morgan fingerprint density at radius 3 is 2.64 bits per heavy atom. The van der Waals surface area contributed by atoms with Crippen LogP contribution >= 0.6 is 0 Å². The van der Waals surface area contributed by atoms with Gasteiger partial charge in [0.2, 0.25) is 11.8 Å². The Bertz CT molecular complexity index is 774. The first-order valence-corrected chi connectivity index (χ1v) is 9.45. The van der Waals surface area contributed by atoms with Gasteiger partial charge >= 0.3 is 0 Å². The number of aromatic nitrogens is 2. The molecular weight excluding hydrogens is 354 g/mol. The molecule has 0 aliphatic carbocycles. The maximum atomic E-state index is 10.3. The van der Waals surface area contributed by atoms with Crippen LogP contribution in [0.3, 0.4) is 0 Å². The van der Waals surface area contributed by atoms with Gasteiger partial charge in [0.15, 0.2) is 0 Å². The minimum atomic E-state index is -0.656. The Morgan fingerprint density at radius 1 is 1.25 bits per heavy atom. The van der Waals surface area contributed by atoms with Gasteiger partial charge in [-0.15, -0.1) is 0 Å². The predicted molar refractivity (Wildman–Crippen MR) is 113 cm³/mol. The average Bonchev–Trinajstić information content (AvgIpc) is 2.65. The molecule has 2 rings (SSSR count). The van der Waals surface area contributed by atoms with E-state index >= 15 is 0 Å². The van der Waals surface area contributed by atoms with Crippen molar-refractivity contribution < 1.29 is 9.84 Å². The molecule has 1 heterocycles. The highest BCUT2D eigenvalue weighted by Gasteiger charge is 2.19. The number of nitrogens with one attached hydrogen (secondary N) is 2. The lowest BCUT2D eigenvalue weighted by atomic mass is 9.95. The molecule has 0 fully saturated rings. The molecular formula is C21H31N5O2. The fourth-order valence-electron chi connectivity index (χ4n) is 2.59. The van der Waals surface area contributed by atoms with E-state index in [4.69, 9.17) is 4.74 Å². The highest BCUT2D eigenvalue weighted by molar-refractivity contribution is 5.79. The summed E-state index contributed by atoms with van der Waals surface area (Å²) in [5.41, 5.74) is 5.56. The lowest BCUT2D eigenvalue weighted by Crippen LogP contribution is -2.46. The number of aliphatic hydroxyl groups excluding tert-OH is 1. The smallest absolute Gasteiger partial charge is 0.246 e. The normalized spacial score (nSPS) is 12.4. The molecule has 0 bridgehead atoms. The number of aryl methyl sites for hydroxylation is 1. The Hall–Kier alpha value is -2.51. The zero-order valence-corrected chi connectivity index (χ0v) is 17.4. The topological polar surface area (TPSA) is 91.7 Å². The quantitative estimate of drug-likeness (QED) is 0.430. The molecule has 1 atom stereocenters. The molecule has 0 radical (unpaired) electrons. The standard InChI is InChI=1S/C21H31N5O2/c1-15(2)25-26-20-22-12-16(3)19(24-20)28-14-18(27)13-23-21(4,5)11-17-9-7-6-8-10-17/h6-10,12,18,23,27H,11,13-14H2,1-5H3,(H,22,24,26). The van der Waals surface area contributed by atoms with Crippen LogP contribution in [-0.4, -0.2) is 45.6 Å². The summed E-state index contributed by atoms with van der Waals surface area (Å²) in [5.74, 6) is 0.794. The van der Waals surface area contributed by atoms with Gasteiger partial charge in [-0.2, -0.15) is 10.1 Å². The van der Waals surface area contributed by atoms with Gasteiger partial charge in [-0.1, -0.05) is 30.3 Å². The summed E-state index contributed by atoms with van der Waals surface area (Å²) in [6.07, 6.45) is 1.88. The van der Waals surface area contributed by atoms with E-state index in [0.717, 1.165) is 17.7 Å². The number of aliphatic hydroxyl groups is 1. The summed E-state index contributed by atoms with van der Waals surface area (Å²) in [6, 6.07) is 10.3. The lowest BCUT2D eigenvalue weighted by molar-refractivity contribution is 0.0962. The van der Waals surface area contributed by atoms with Gasteiger partial charge in [0.1, 0.15) is 12.7 Å². The van der Waals surface area contributed by atoms with Crippen molar-refractivity contribution in [3.8, 4) is 5.88 Å². The van der Waals surface area contributed by atoms with Crippen LogP contribution in [0.1, 0.15) is 38.8 Å². The van der Waals surface area contributed by atoms with Crippen LogP contribution in [-0.2, 0) is 6.42 Å². The first kappa shape index (κ1) is 21.8. The number of anilines is 1. The van der Waals surface area contributed by atoms with Crippen LogP contribution < -0.4 is 15.5 Å². The summed E-state index contributed by atoms with van der Waals surface area (Å²) in [6.45, 7) is 10.4. The van der Waals surface area contributed by atoms with Crippen molar-refractivity contribution in [1.29, 1.82) is 0 Å². The highest BCUT2D eigenvalue weighted by Crippen LogP contribution is 2.16. The van der Waals surface area contributed by atoms with Crippen molar-refractivity contribution in [3.05, 3.63) is 47.7 Å². The maximum Gasteiger partial charge on any atom is 0.246 e. The molecule has 0 aliphatic heterocycles. The van der Waals surface area contributed by atoms with Crippen molar-refractivity contribution in [2.24, 2.45) is 5.10 Å². The van der Waals surface area contributed by atoms with E-state index in [2.05, 4.69) is 51.8 Å². The number of nitrogens with zero attached hydrogens (tertiary/aromatic N) is 3. The molecule has 1 aromatic carbocycles. The van der Waals surface area contributed by atoms with Crippen LogP contribution in [0.4, 0.5) is 5.95 Å². The van der Waals surface area contributed by atoms with Crippen molar-refractivity contribution in [1.82, 2.24) is 15.3 Å². The summed E-state index contributed by atoms with van der Waals surface area (Å²) < 4.78 is 5.70. The van der Waals surface area contributed by atoms with Crippen molar-refractivity contribution in [3.63, 3.8) is 0 Å². The summed E-state index contributed by atoms with van der Waals surface area (Å²) in [4.78, 5) is 8.46. The molecule has 0 spiro atoms. The molecule has 1 unspecified atom stereocenters. The second-order valence-electron chi connectivity index (χ2n) is 7.74. The number of hydrogen-bond donors (Lipinski definition) is 3. The molecule has 7 nitrogen and oxygen atoms in total. The number of ether oxygens (including phenoxy) is 1. The van der Waals surface area contributed by atoms with E-state index in [0.29, 0.717) is 18.4 Å². The summed E-state index contributed by atoms with van der Waals surface area (Å²) >= 11 is 0. The van der Waals surface area contributed by atoms with Crippen molar-refractivity contribution >= 4 is 11.7 Å². The second kappa shape index (κ2) is 10.1. The van der Waals surface area contributed by atoms with Gasteiger partial charge in [0.25, 0.3) is 0 Å². The Morgan fingerprint density at radius 2 is 1.96 bits per heavy atom. The number of benzene rings is 1. The second-order valence-corrected chi connectivity index (χ2v) is 7.74. The third-order valence-electron chi connectivity index (χ3n) is 4.02. The molecule has 3 N–H and O–H groups in total. The molecule has 0 saturated heterocycles. The van der Waals surface area contributed by atoms with Gasteiger partial charge < -0.3 is 15.2 Å². The van der Waals surface area contributed by atoms with Crippen LogP contribution in [0.15, 0.2) is 41.6 Å². The van der Waals surface area contributed by atoms with E-state index in [-0.39, 0.29) is 12.1 Å². The Balaban J connectivity index is 1.84. The summed E-state index contributed by atoms with van der Waals surface area (Å²) in [5, 5.41) is 17.8. The van der Waals surface area contributed by atoms with Gasteiger partial charge in [-0.3, -0.25) is 0 Å². The van der Waals surface area contributed by atoms with E-state index in [1.54, 1.807) is 6.20 Å². The largest absolute Gasteiger partial charge is 0.475 e. The zero-order valence-electron chi connectivity index (χ0n) is 17.4. The first-order valence-electron chi connectivity index (χ1n) is 9.45. The van der Waals surface area contributed by atoms with Gasteiger partial charge in [0, 0.05) is 29.6 Å². The lowest BCUT2D eigenvalue weighted by Gasteiger charge is -2.28. The monoisotopic (exact) mass is 385 g/mol. The number of rotatable bonds is 10. The molecule has 0 amide bonds. The van der Waals surface area contributed by atoms with Gasteiger partial charge in [0.05, 0.1) is 0 Å². The number of hydrogen-bond acceptors (Lipinski definition) is 7. The molecule has 7 heteroatoms. The first-order chi connectivity index (χ1) is 13.2. The SMILES string of the molecule is CC(C)=NNc1ncc(C)c(OCC(O)CNC(C)(C)Cc2ccccc2)n1. The molecule has 0 saturated carbocycles. The fraction of sp³-hybridized carbons (Fsp3) is 0.476. The molecule has 0 aliphatic rings. The number of β-amino-alcohol motifs (C(OH)–C–C–N with tert-alkyl or cyclic N) is 1. The van der Waals surface area contributed by atoms with Crippen LogP contribution in [0.2, 0.25) is 0 Å². The third-order valence-corrected chi connectivity index (χ3v) is 4.02. The fourth-order valence-corrected chi connectivity index (χ4v) is 2.59. The average molecular weight is 386 g/mol.